The van der Waals surface area contributed by atoms with E-state index < -0.39 is 0 Å². The predicted octanol–water partition coefficient (Wildman–Crippen LogP) is 3.18. The maximum absolute atomic E-state index is 4.64. The van der Waals surface area contributed by atoms with Crippen LogP contribution in [-0.4, -0.2) is 39.0 Å². The molecule has 3 rings (SSSR count). The molecule has 0 amide bonds. The molecule has 5 nitrogen and oxygen atoms in total. The van der Waals surface area contributed by atoms with E-state index in [2.05, 4.69) is 45.1 Å². The van der Waals surface area contributed by atoms with E-state index in [0.717, 1.165) is 35.6 Å². The number of aromatic nitrogens is 3. The Morgan fingerprint density at radius 2 is 2.24 bits per heavy atom. The van der Waals surface area contributed by atoms with Crippen LogP contribution in [0.3, 0.4) is 0 Å². The van der Waals surface area contributed by atoms with E-state index in [4.69, 9.17) is 0 Å². The zero-order valence-corrected chi connectivity index (χ0v) is 13.5. The third-order valence-electron chi connectivity index (χ3n) is 3.89. The van der Waals surface area contributed by atoms with Gasteiger partial charge in [-0.25, -0.2) is 15.0 Å². The van der Waals surface area contributed by atoms with Crippen LogP contribution < -0.4 is 5.32 Å². The van der Waals surface area contributed by atoms with Gasteiger partial charge in [-0.2, -0.15) is 0 Å². The first-order valence-corrected chi connectivity index (χ1v) is 8.26. The van der Waals surface area contributed by atoms with Crippen LogP contribution in [0.4, 0.5) is 10.9 Å². The maximum Gasteiger partial charge on any atom is 0.188 e. The van der Waals surface area contributed by atoms with E-state index in [0.29, 0.717) is 12.0 Å². The van der Waals surface area contributed by atoms with E-state index >= 15 is 0 Å². The van der Waals surface area contributed by atoms with E-state index in [1.807, 2.05) is 12.3 Å². The summed E-state index contributed by atoms with van der Waals surface area (Å²) >= 11 is 1.58. The Hall–Kier alpha value is -1.53. The number of aryl methyl sites for hydroxylation is 1. The van der Waals surface area contributed by atoms with E-state index in [9.17, 15) is 0 Å². The van der Waals surface area contributed by atoms with Crippen molar-refractivity contribution in [2.45, 2.75) is 39.2 Å². The molecule has 21 heavy (non-hydrogen) atoms. The van der Waals surface area contributed by atoms with Gasteiger partial charge >= 0.3 is 0 Å². The van der Waals surface area contributed by atoms with Crippen LogP contribution in [0, 0.1) is 6.92 Å². The van der Waals surface area contributed by atoms with Crippen LogP contribution in [0.5, 0.6) is 0 Å². The molecular weight excluding hydrogens is 282 g/mol. The highest BCUT2D eigenvalue weighted by Crippen LogP contribution is 2.29. The summed E-state index contributed by atoms with van der Waals surface area (Å²) in [6, 6.07) is 2.67. The minimum atomic E-state index is 0.506. The molecular formula is C15H21N5S. The van der Waals surface area contributed by atoms with Gasteiger partial charge in [0.25, 0.3) is 0 Å². The van der Waals surface area contributed by atoms with Crippen LogP contribution >= 0.6 is 11.3 Å². The first-order chi connectivity index (χ1) is 10.1. The molecule has 1 fully saturated rings. The summed E-state index contributed by atoms with van der Waals surface area (Å²) in [6.07, 6.45) is 2.96. The quantitative estimate of drug-likeness (QED) is 0.940. The van der Waals surface area contributed by atoms with Gasteiger partial charge in [0, 0.05) is 36.1 Å². The van der Waals surface area contributed by atoms with Crippen molar-refractivity contribution in [2.24, 2.45) is 0 Å². The Labute approximate surface area is 129 Å². The molecule has 1 aliphatic heterocycles. The molecule has 0 spiro atoms. The van der Waals surface area contributed by atoms with Gasteiger partial charge in [-0.05, 0) is 33.7 Å². The Bertz CT molecular complexity index is 596. The zero-order valence-electron chi connectivity index (χ0n) is 12.7. The van der Waals surface area contributed by atoms with Crippen LogP contribution in [0.15, 0.2) is 17.6 Å². The molecule has 0 bridgehead atoms. The third kappa shape index (κ3) is 3.39. The first-order valence-electron chi connectivity index (χ1n) is 7.38. The fraction of sp³-hybridized carbons (Fsp3) is 0.533. The topological polar surface area (TPSA) is 53.9 Å². The average molecular weight is 303 g/mol. The lowest BCUT2D eigenvalue weighted by molar-refractivity contribution is 0.272. The van der Waals surface area contributed by atoms with Gasteiger partial charge in [0.2, 0.25) is 0 Å². The normalized spacial score (nSPS) is 19.3. The van der Waals surface area contributed by atoms with Gasteiger partial charge in [0.15, 0.2) is 5.13 Å². The fourth-order valence-electron chi connectivity index (χ4n) is 2.76. The third-order valence-corrected chi connectivity index (χ3v) is 4.58. The summed E-state index contributed by atoms with van der Waals surface area (Å²) in [5.41, 5.74) is 1.14. The van der Waals surface area contributed by atoms with Gasteiger partial charge in [0.1, 0.15) is 11.6 Å². The van der Waals surface area contributed by atoms with Crippen molar-refractivity contribution in [3.63, 3.8) is 0 Å². The molecule has 0 aromatic carbocycles. The van der Waals surface area contributed by atoms with Crippen molar-refractivity contribution in [3.8, 4) is 0 Å². The van der Waals surface area contributed by atoms with Crippen molar-refractivity contribution >= 4 is 22.3 Å². The van der Waals surface area contributed by atoms with E-state index in [1.54, 1.807) is 17.5 Å². The van der Waals surface area contributed by atoms with Crippen LogP contribution in [-0.2, 0) is 0 Å². The van der Waals surface area contributed by atoms with Crippen molar-refractivity contribution in [2.75, 3.05) is 18.4 Å². The molecule has 0 saturated carbocycles. The first kappa shape index (κ1) is 14.4. The van der Waals surface area contributed by atoms with Crippen LogP contribution in [0.2, 0.25) is 0 Å². The molecule has 2 aromatic heterocycles. The highest BCUT2D eigenvalue weighted by Gasteiger charge is 2.26. The fourth-order valence-corrected chi connectivity index (χ4v) is 3.29. The second kappa shape index (κ2) is 6.07. The van der Waals surface area contributed by atoms with Gasteiger partial charge in [-0.15, -0.1) is 11.3 Å². The number of anilines is 2. The molecule has 1 N–H and O–H groups in total. The largest absolute Gasteiger partial charge is 0.316 e. The number of likely N-dealkylation sites (tertiary alicyclic amines) is 1. The molecule has 1 unspecified atom stereocenters. The average Bonchev–Trinajstić information content (AvgIpc) is 3.08. The van der Waals surface area contributed by atoms with E-state index in [-0.39, 0.29) is 0 Å². The Balaban J connectivity index is 1.78. The Morgan fingerprint density at radius 3 is 2.90 bits per heavy atom. The lowest BCUT2D eigenvalue weighted by Crippen LogP contribution is -2.28. The Kier molecular flexibility index (Phi) is 4.17. The highest BCUT2D eigenvalue weighted by atomic mass is 32.1. The van der Waals surface area contributed by atoms with Crippen molar-refractivity contribution in [1.82, 2.24) is 19.9 Å². The van der Waals surface area contributed by atoms with Gasteiger partial charge < -0.3 is 10.2 Å². The lowest BCUT2D eigenvalue weighted by Gasteiger charge is -2.20. The molecule has 1 saturated heterocycles. The number of nitrogens with one attached hydrogen (secondary N) is 1. The van der Waals surface area contributed by atoms with Gasteiger partial charge in [-0.1, -0.05) is 0 Å². The standard InChI is InChI=1S/C15H21N5S/c1-10(2)20-6-4-12(9-20)13-8-14(18-11(3)17-13)19-15-16-5-7-21-15/h5,7-8,10,12H,4,6,9H2,1-3H3,(H,16,17,18,19). The minimum absolute atomic E-state index is 0.506. The summed E-state index contributed by atoms with van der Waals surface area (Å²) in [5, 5.41) is 6.09. The SMILES string of the molecule is Cc1nc(Nc2nccs2)cc(C2CCN(C(C)C)C2)n1. The van der Waals surface area contributed by atoms with Crippen LogP contribution in [0.1, 0.15) is 37.7 Å². The molecule has 1 aliphatic rings. The zero-order chi connectivity index (χ0) is 14.8. The number of hydrogen-bond acceptors (Lipinski definition) is 6. The van der Waals surface area contributed by atoms with E-state index in [1.165, 1.54) is 6.42 Å². The predicted molar refractivity (Wildman–Crippen MR) is 86.2 cm³/mol. The monoisotopic (exact) mass is 303 g/mol. The number of thiazole rings is 1. The molecule has 112 valence electrons. The maximum atomic E-state index is 4.64. The molecule has 0 radical (unpaired) electrons. The summed E-state index contributed by atoms with van der Waals surface area (Å²) in [5.74, 6) is 2.16. The summed E-state index contributed by atoms with van der Waals surface area (Å²) in [6.45, 7) is 8.70. The van der Waals surface area contributed by atoms with Crippen molar-refractivity contribution < 1.29 is 0 Å². The number of rotatable bonds is 4. The van der Waals surface area contributed by atoms with Gasteiger partial charge in [0.05, 0.1) is 5.69 Å². The van der Waals surface area contributed by atoms with Crippen LogP contribution in [0.25, 0.3) is 0 Å². The number of hydrogen-bond donors (Lipinski definition) is 1. The van der Waals surface area contributed by atoms with Crippen molar-refractivity contribution in [1.29, 1.82) is 0 Å². The summed E-state index contributed by atoms with van der Waals surface area (Å²) < 4.78 is 0. The van der Waals surface area contributed by atoms with Crippen molar-refractivity contribution in [3.05, 3.63) is 29.2 Å². The van der Waals surface area contributed by atoms with Gasteiger partial charge in [-0.3, -0.25) is 0 Å². The second-order valence-corrected chi connectivity index (χ2v) is 6.66. The molecule has 1 atom stereocenters. The molecule has 0 aliphatic carbocycles. The number of nitrogens with zero attached hydrogens (tertiary/aromatic N) is 4. The summed E-state index contributed by atoms with van der Waals surface area (Å²) in [7, 11) is 0. The second-order valence-electron chi connectivity index (χ2n) is 5.76. The molecule has 3 heterocycles. The lowest BCUT2D eigenvalue weighted by atomic mass is 10.0. The minimum Gasteiger partial charge on any atom is -0.316 e. The highest BCUT2D eigenvalue weighted by molar-refractivity contribution is 7.13. The Morgan fingerprint density at radius 1 is 1.38 bits per heavy atom. The summed E-state index contributed by atoms with van der Waals surface area (Å²) in [4.78, 5) is 15.9. The molecule has 6 heteroatoms. The smallest absolute Gasteiger partial charge is 0.188 e. The molecule has 2 aromatic rings.